The molecule has 1 unspecified atom stereocenters. The van der Waals surface area contributed by atoms with Gasteiger partial charge in [0, 0.05) is 11.1 Å². The van der Waals surface area contributed by atoms with E-state index in [1.54, 1.807) is 19.1 Å². The van der Waals surface area contributed by atoms with Crippen molar-refractivity contribution in [1.82, 2.24) is 5.32 Å². The van der Waals surface area contributed by atoms with E-state index in [0.29, 0.717) is 15.6 Å². The third-order valence-corrected chi connectivity index (χ3v) is 2.50. The molecule has 0 aromatic heterocycles. The Labute approximate surface area is 104 Å². The molecule has 3 nitrogen and oxygen atoms in total. The summed E-state index contributed by atoms with van der Waals surface area (Å²) >= 11 is 11.6. The second-order valence-electron chi connectivity index (χ2n) is 3.36. The van der Waals surface area contributed by atoms with Gasteiger partial charge in [-0.2, -0.15) is 5.26 Å². The molecule has 1 N–H and O–H groups in total. The van der Waals surface area contributed by atoms with Crippen molar-refractivity contribution in [2.75, 3.05) is 0 Å². The normalized spacial score (nSPS) is 11.6. The molecule has 1 atom stereocenters. The highest BCUT2D eigenvalue weighted by molar-refractivity contribution is 6.36. The van der Waals surface area contributed by atoms with E-state index in [2.05, 4.69) is 5.32 Å². The molecule has 0 saturated carbocycles. The number of rotatable bonds is 3. The van der Waals surface area contributed by atoms with Gasteiger partial charge in [-0.15, -0.1) is 0 Å². The standard InChI is InChI=1S/C11H10Cl2N2O/c1-7(4-5-14)15-11(16)9-3-2-8(12)6-10(9)13/h2-3,6-7H,4H2,1H3,(H,15,16). The predicted molar refractivity (Wildman–Crippen MR) is 63.6 cm³/mol. The topological polar surface area (TPSA) is 52.9 Å². The molecule has 0 heterocycles. The first kappa shape index (κ1) is 12.8. The summed E-state index contributed by atoms with van der Waals surface area (Å²) in [6.45, 7) is 1.75. The van der Waals surface area contributed by atoms with E-state index in [1.807, 2.05) is 6.07 Å². The highest BCUT2D eigenvalue weighted by Crippen LogP contribution is 2.20. The van der Waals surface area contributed by atoms with Crippen LogP contribution in [0.5, 0.6) is 0 Å². The van der Waals surface area contributed by atoms with Crippen LogP contribution in [0.1, 0.15) is 23.7 Å². The van der Waals surface area contributed by atoms with Crippen LogP contribution in [-0.2, 0) is 0 Å². The summed E-state index contributed by atoms with van der Waals surface area (Å²) in [5.41, 5.74) is 0.357. The lowest BCUT2D eigenvalue weighted by Gasteiger charge is -2.11. The summed E-state index contributed by atoms with van der Waals surface area (Å²) in [5.74, 6) is -0.301. The molecule has 0 aliphatic carbocycles. The Morgan fingerprint density at radius 2 is 2.25 bits per heavy atom. The molecule has 1 amide bonds. The second kappa shape index (κ2) is 5.74. The van der Waals surface area contributed by atoms with Gasteiger partial charge in [0.2, 0.25) is 0 Å². The van der Waals surface area contributed by atoms with E-state index in [9.17, 15) is 4.79 Å². The van der Waals surface area contributed by atoms with Crippen molar-refractivity contribution in [3.05, 3.63) is 33.8 Å². The lowest BCUT2D eigenvalue weighted by Crippen LogP contribution is -2.32. The van der Waals surface area contributed by atoms with Crippen molar-refractivity contribution >= 4 is 29.1 Å². The molecule has 0 saturated heterocycles. The number of carbonyl (C=O) groups is 1. The van der Waals surface area contributed by atoms with Crippen molar-refractivity contribution in [2.24, 2.45) is 0 Å². The summed E-state index contributed by atoms with van der Waals surface area (Å²) in [4.78, 5) is 11.7. The van der Waals surface area contributed by atoms with E-state index >= 15 is 0 Å². The van der Waals surface area contributed by atoms with Crippen LogP contribution in [0.2, 0.25) is 10.0 Å². The molecular weight excluding hydrogens is 247 g/mol. The first-order valence-electron chi connectivity index (χ1n) is 4.67. The van der Waals surface area contributed by atoms with Gasteiger partial charge in [-0.3, -0.25) is 4.79 Å². The van der Waals surface area contributed by atoms with Gasteiger partial charge in [0.15, 0.2) is 0 Å². The van der Waals surface area contributed by atoms with Crippen LogP contribution >= 0.6 is 23.2 Å². The van der Waals surface area contributed by atoms with Crippen molar-refractivity contribution in [1.29, 1.82) is 5.26 Å². The van der Waals surface area contributed by atoms with E-state index in [0.717, 1.165) is 0 Å². The zero-order chi connectivity index (χ0) is 12.1. The number of halogens is 2. The molecule has 16 heavy (non-hydrogen) atoms. The number of nitrogens with one attached hydrogen (secondary N) is 1. The van der Waals surface area contributed by atoms with Crippen LogP contribution in [0.15, 0.2) is 18.2 Å². The van der Waals surface area contributed by atoms with Gasteiger partial charge in [-0.25, -0.2) is 0 Å². The Morgan fingerprint density at radius 3 is 2.81 bits per heavy atom. The third kappa shape index (κ3) is 3.41. The molecule has 1 rings (SSSR count). The summed E-state index contributed by atoms with van der Waals surface area (Å²) in [6, 6.07) is 6.43. The van der Waals surface area contributed by atoms with Crippen LogP contribution in [0.4, 0.5) is 0 Å². The van der Waals surface area contributed by atoms with Crippen molar-refractivity contribution in [2.45, 2.75) is 19.4 Å². The average Bonchev–Trinajstić information content (AvgIpc) is 2.17. The van der Waals surface area contributed by atoms with Gasteiger partial charge >= 0.3 is 0 Å². The fraction of sp³-hybridized carbons (Fsp3) is 0.273. The molecule has 0 fully saturated rings. The molecule has 84 valence electrons. The Hall–Kier alpha value is -1.24. The van der Waals surface area contributed by atoms with E-state index < -0.39 is 0 Å². The second-order valence-corrected chi connectivity index (χ2v) is 4.20. The molecule has 0 bridgehead atoms. The SMILES string of the molecule is CC(CC#N)NC(=O)c1ccc(Cl)cc1Cl. The number of benzene rings is 1. The average molecular weight is 257 g/mol. The maximum Gasteiger partial charge on any atom is 0.253 e. The Balaban J connectivity index is 2.78. The number of nitriles is 1. The molecule has 0 aliphatic rings. The molecular formula is C11H10Cl2N2O. The van der Waals surface area contributed by atoms with Crippen LogP contribution in [0.25, 0.3) is 0 Å². The van der Waals surface area contributed by atoms with Gasteiger partial charge in [0.1, 0.15) is 0 Å². The van der Waals surface area contributed by atoms with Gasteiger partial charge in [0.25, 0.3) is 5.91 Å². The lowest BCUT2D eigenvalue weighted by molar-refractivity contribution is 0.0941. The van der Waals surface area contributed by atoms with Gasteiger partial charge in [-0.05, 0) is 25.1 Å². The zero-order valence-electron chi connectivity index (χ0n) is 8.63. The minimum atomic E-state index is -0.301. The fourth-order valence-electron chi connectivity index (χ4n) is 1.16. The van der Waals surface area contributed by atoms with Crippen molar-refractivity contribution in [3.8, 4) is 6.07 Å². The summed E-state index contributed by atoms with van der Waals surface area (Å²) < 4.78 is 0. The molecule has 5 heteroatoms. The first-order chi connectivity index (χ1) is 7.54. The maximum atomic E-state index is 11.7. The van der Waals surface area contributed by atoms with Crippen LogP contribution in [0, 0.1) is 11.3 Å². The number of nitrogens with zero attached hydrogens (tertiary/aromatic N) is 1. The zero-order valence-corrected chi connectivity index (χ0v) is 10.1. The Morgan fingerprint density at radius 1 is 1.56 bits per heavy atom. The molecule has 1 aromatic carbocycles. The summed E-state index contributed by atoms with van der Waals surface area (Å²) in [6.07, 6.45) is 0.261. The molecule has 1 aromatic rings. The summed E-state index contributed by atoms with van der Waals surface area (Å²) in [7, 11) is 0. The Kier molecular flexibility index (Phi) is 4.60. The van der Waals surface area contributed by atoms with Crippen molar-refractivity contribution in [3.63, 3.8) is 0 Å². The van der Waals surface area contributed by atoms with Crippen LogP contribution in [0.3, 0.4) is 0 Å². The fourth-order valence-corrected chi connectivity index (χ4v) is 1.66. The van der Waals surface area contributed by atoms with Crippen LogP contribution in [-0.4, -0.2) is 11.9 Å². The molecule has 0 radical (unpaired) electrons. The first-order valence-corrected chi connectivity index (χ1v) is 5.43. The predicted octanol–water partition coefficient (Wildman–Crippen LogP) is 3.03. The minimum Gasteiger partial charge on any atom is -0.349 e. The third-order valence-electron chi connectivity index (χ3n) is 1.95. The number of hydrogen-bond donors (Lipinski definition) is 1. The molecule has 0 spiro atoms. The summed E-state index contributed by atoms with van der Waals surface area (Å²) in [5, 5.41) is 11.9. The minimum absolute atomic E-state index is 0.204. The molecule has 0 aliphatic heterocycles. The quantitative estimate of drug-likeness (QED) is 0.904. The maximum absolute atomic E-state index is 11.7. The van der Waals surface area contributed by atoms with E-state index in [-0.39, 0.29) is 18.4 Å². The Bertz CT molecular complexity index is 440. The largest absolute Gasteiger partial charge is 0.349 e. The van der Waals surface area contributed by atoms with Gasteiger partial charge < -0.3 is 5.32 Å². The van der Waals surface area contributed by atoms with Gasteiger partial charge in [-0.1, -0.05) is 23.2 Å². The highest BCUT2D eigenvalue weighted by atomic mass is 35.5. The number of hydrogen-bond acceptors (Lipinski definition) is 2. The van der Waals surface area contributed by atoms with E-state index in [1.165, 1.54) is 6.07 Å². The lowest BCUT2D eigenvalue weighted by atomic mass is 10.2. The number of carbonyl (C=O) groups excluding carboxylic acids is 1. The monoisotopic (exact) mass is 256 g/mol. The number of amides is 1. The van der Waals surface area contributed by atoms with E-state index in [4.69, 9.17) is 28.5 Å². The highest BCUT2D eigenvalue weighted by Gasteiger charge is 2.12. The van der Waals surface area contributed by atoms with Crippen LogP contribution < -0.4 is 5.32 Å². The van der Waals surface area contributed by atoms with Crippen molar-refractivity contribution < 1.29 is 4.79 Å². The van der Waals surface area contributed by atoms with Gasteiger partial charge in [0.05, 0.1) is 23.1 Å². The smallest absolute Gasteiger partial charge is 0.253 e.